The minimum absolute atomic E-state index is 0.0367. The highest BCUT2D eigenvalue weighted by atomic mass is 32.2. The molecule has 7 heteroatoms. The maximum atomic E-state index is 11.6. The molecule has 0 radical (unpaired) electrons. The van der Waals surface area contributed by atoms with Crippen LogP contribution in [-0.2, 0) is 16.1 Å². The van der Waals surface area contributed by atoms with Crippen molar-refractivity contribution in [3.63, 3.8) is 0 Å². The number of aromatic nitrogens is 1. The first-order valence-electron chi connectivity index (χ1n) is 5.18. The highest BCUT2D eigenvalue weighted by Crippen LogP contribution is 2.14. The molecule has 1 saturated heterocycles. The van der Waals surface area contributed by atoms with E-state index in [2.05, 4.69) is 10.3 Å². The molecule has 0 unspecified atom stereocenters. The largest absolute Gasteiger partial charge is 0.349 e. The molecule has 2 amide bonds. The van der Waals surface area contributed by atoms with Crippen LogP contribution in [-0.4, -0.2) is 39.9 Å². The Morgan fingerprint density at radius 3 is 3.06 bits per heavy atom. The van der Waals surface area contributed by atoms with E-state index in [-0.39, 0.29) is 18.4 Å². The number of carbonyl (C=O) groups is 2. The summed E-state index contributed by atoms with van der Waals surface area (Å²) in [4.78, 5) is 28.7. The molecule has 2 heterocycles. The van der Waals surface area contributed by atoms with Gasteiger partial charge in [-0.3, -0.25) is 9.59 Å². The molecule has 2 rings (SSSR count). The summed E-state index contributed by atoms with van der Waals surface area (Å²) in [5, 5.41) is 5.67. The molecule has 1 aromatic rings. The second kappa shape index (κ2) is 5.50. The standard InChI is InChI=1S/C10H13N3O2S2/c1-7-12-8(4-17-7)2-11-9(14)3-13-6-16-5-10(13)15/h4H,2-3,5-6H2,1H3,(H,11,14). The summed E-state index contributed by atoms with van der Waals surface area (Å²) >= 11 is 3.09. The molecule has 1 fully saturated rings. The number of amides is 2. The number of rotatable bonds is 4. The summed E-state index contributed by atoms with van der Waals surface area (Å²) < 4.78 is 0. The SMILES string of the molecule is Cc1nc(CNC(=O)CN2CSCC2=O)cs1. The molecule has 0 aromatic carbocycles. The van der Waals surface area contributed by atoms with Crippen molar-refractivity contribution in [2.24, 2.45) is 0 Å². The number of thiazole rings is 1. The third-order valence-corrected chi connectivity index (χ3v) is 4.06. The Kier molecular flexibility index (Phi) is 4.01. The van der Waals surface area contributed by atoms with Gasteiger partial charge in [0.1, 0.15) is 6.54 Å². The maximum Gasteiger partial charge on any atom is 0.239 e. The topological polar surface area (TPSA) is 62.3 Å². The zero-order valence-electron chi connectivity index (χ0n) is 9.43. The van der Waals surface area contributed by atoms with Crippen LogP contribution >= 0.6 is 23.1 Å². The molecule has 0 saturated carbocycles. The van der Waals surface area contributed by atoms with Gasteiger partial charge in [-0.15, -0.1) is 23.1 Å². The molecule has 5 nitrogen and oxygen atoms in total. The summed E-state index contributed by atoms with van der Waals surface area (Å²) in [5.74, 6) is 1.00. The van der Waals surface area contributed by atoms with Gasteiger partial charge >= 0.3 is 0 Å². The number of carbonyl (C=O) groups excluding carboxylic acids is 2. The van der Waals surface area contributed by atoms with Gasteiger partial charge in [-0.25, -0.2) is 4.98 Å². The van der Waals surface area contributed by atoms with Gasteiger partial charge in [-0.05, 0) is 6.92 Å². The van der Waals surface area contributed by atoms with Gasteiger partial charge in [-0.2, -0.15) is 0 Å². The van der Waals surface area contributed by atoms with Crippen LogP contribution in [0.3, 0.4) is 0 Å². The van der Waals surface area contributed by atoms with Crippen molar-refractivity contribution in [2.75, 3.05) is 18.2 Å². The maximum absolute atomic E-state index is 11.6. The van der Waals surface area contributed by atoms with E-state index in [1.54, 1.807) is 16.2 Å². The molecule has 0 aliphatic carbocycles. The van der Waals surface area contributed by atoms with Crippen LogP contribution in [0.5, 0.6) is 0 Å². The van der Waals surface area contributed by atoms with E-state index in [1.165, 1.54) is 11.8 Å². The molecule has 0 spiro atoms. The van der Waals surface area contributed by atoms with Crippen molar-refractivity contribution in [3.05, 3.63) is 16.1 Å². The van der Waals surface area contributed by atoms with E-state index in [0.717, 1.165) is 10.7 Å². The first-order valence-corrected chi connectivity index (χ1v) is 7.22. The second-order valence-electron chi connectivity index (χ2n) is 3.70. The lowest BCUT2D eigenvalue weighted by Crippen LogP contribution is -2.37. The molecular formula is C10H13N3O2S2. The van der Waals surface area contributed by atoms with Crippen molar-refractivity contribution in [1.29, 1.82) is 0 Å². The number of hydrogen-bond acceptors (Lipinski definition) is 5. The third-order valence-electron chi connectivity index (χ3n) is 2.29. The summed E-state index contributed by atoms with van der Waals surface area (Å²) in [6, 6.07) is 0. The first-order chi connectivity index (χ1) is 8.15. The summed E-state index contributed by atoms with van der Waals surface area (Å²) in [6.45, 7) is 2.50. The molecule has 0 bridgehead atoms. The van der Waals surface area contributed by atoms with Crippen molar-refractivity contribution in [1.82, 2.24) is 15.2 Å². The molecular weight excluding hydrogens is 258 g/mol. The van der Waals surface area contributed by atoms with Crippen LogP contribution in [0.15, 0.2) is 5.38 Å². The van der Waals surface area contributed by atoms with Gasteiger partial charge in [0.25, 0.3) is 0 Å². The highest BCUT2D eigenvalue weighted by Gasteiger charge is 2.22. The van der Waals surface area contributed by atoms with Crippen molar-refractivity contribution in [2.45, 2.75) is 13.5 Å². The zero-order chi connectivity index (χ0) is 12.3. The second-order valence-corrected chi connectivity index (χ2v) is 5.72. The molecule has 1 aromatic heterocycles. The van der Waals surface area contributed by atoms with Crippen LogP contribution in [0, 0.1) is 6.92 Å². The predicted molar refractivity (Wildman–Crippen MR) is 67.7 cm³/mol. The quantitative estimate of drug-likeness (QED) is 0.871. The van der Waals surface area contributed by atoms with Gasteiger partial charge in [0.05, 0.1) is 28.9 Å². The van der Waals surface area contributed by atoms with E-state index in [4.69, 9.17) is 0 Å². The smallest absolute Gasteiger partial charge is 0.239 e. The lowest BCUT2D eigenvalue weighted by Gasteiger charge is -2.13. The molecule has 92 valence electrons. The fourth-order valence-electron chi connectivity index (χ4n) is 1.45. The summed E-state index contributed by atoms with van der Waals surface area (Å²) in [5.41, 5.74) is 0.864. The Hall–Kier alpha value is -1.08. The normalized spacial score (nSPS) is 15.4. The van der Waals surface area contributed by atoms with Crippen LogP contribution in [0.2, 0.25) is 0 Å². The van der Waals surface area contributed by atoms with Gasteiger partial charge in [0, 0.05) is 5.38 Å². The Bertz CT molecular complexity index is 433. The lowest BCUT2D eigenvalue weighted by atomic mass is 10.4. The van der Waals surface area contributed by atoms with E-state index in [1.807, 2.05) is 12.3 Å². The van der Waals surface area contributed by atoms with E-state index >= 15 is 0 Å². The lowest BCUT2D eigenvalue weighted by molar-refractivity contribution is -0.132. The van der Waals surface area contributed by atoms with E-state index in [9.17, 15) is 9.59 Å². The summed E-state index contributed by atoms with van der Waals surface area (Å²) in [7, 11) is 0. The number of aryl methyl sites for hydroxylation is 1. The number of hydrogen-bond donors (Lipinski definition) is 1. The minimum Gasteiger partial charge on any atom is -0.349 e. The molecule has 17 heavy (non-hydrogen) atoms. The average Bonchev–Trinajstić information content (AvgIpc) is 2.86. The van der Waals surface area contributed by atoms with Crippen molar-refractivity contribution < 1.29 is 9.59 Å². The monoisotopic (exact) mass is 271 g/mol. The first kappa shape index (κ1) is 12.4. The van der Waals surface area contributed by atoms with Gasteiger partial charge in [0.15, 0.2) is 0 Å². The number of nitrogens with zero attached hydrogens (tertiary/aromatic N) is 2. The van der Waals surface area contributed by atoms with Gasteiger partial charge < -0.3 is 10.2 Å². The van der Waals surface area contributed by atoms with Crippen LogP contribution in [0.25, 0.3) is 0 Å². The number of nitrogens with one attached hydrogen (secondary N) is 1. The number of thioether (sulfide) groups is 1. The Balaban J connectivity index is 1.76. The minimum atomic E-state index is -0.133. The summed E-state index contributed by atoms with van der Waals surface area (Å²) in [6.07, 6.45) is 0. The molecule has 1 aliphatic rings. The van der Waals surface area contributed by atoms with Crippen LogP contribution in [0.1, 0.15) is 10.7 Å². The van der Waals surface area contributed by atoms with Crippen molar-refractivity contribution >= 4 is 34.9 Å². The third kappa shape index (κ3) is 3.44. The highest BCUT2D eigenvalue weighted by molar-refractivity contribution is 8.00. The Morgan fingerprint density at radius 1 is 1.65 bits per heavy atom. The van der Waals surface area contributed by atoms with Crippen molar-refractivity contribution in [3.8, 4) is 0 Å². The van der Waals surface area contributed by atoms with Gasteiger partial charge in [0.2, 0.25) is 11.8 Å². The van der Waals surface area contributed by atoms with Crippen LogP contribution in [0.4, 0.5) is 0 Å². The van der Waals surface area contributed by atoms with E-state index < -0.39 is 0 Å². The van der Waals surface area contributed by atoms with E-state index in [0.29, 0.717) is 18.2 Å². The fraction of sp³-hybridized carbons (Fsp3) is 0.500. The van der Waals surface area contributed by atoms with Crippen LogP contribution < -0.4 is 5.32 Å². The Labute approximate surface area is 108 Å². The molecule has 1 aliphatic heterocycles. The van der Waals surface area contributed by atoms with Gasteiger partial charge in [-0.1, -0.05) is 0 Å². The zero-order valence-corrected chi connectivity index (χ0v) is 11.1. The molecule has 1 N–H and O–H groups in total. The predicted octanol–water partition coefficient (Wildman–Crippen LogP) is 0.601. The molecule has 0 atom stereocenters. The average molecular weight is 271 g/mol. The Morgan fingerprint density at radius 2 is 2.47 bits per heavy atom. The fourth-order valence-corrected chi connectivity index (χ4v) is 2.96.